The number of nitrogens with zero attached hydrogens (tertiary/aromatic N) is 5. The van der Waals surface area contributed by atoms with Gasteiger partial charge in [0.1, 0.15) is 6.54 Å². The van der Waals surface area contributed by atoms with Gasteiger partial charge in [-0.05, 0) is 32.9 Å². The van der Waals surface area contributed by atoms with Crippen molar-refractivity contribution in [3.63, 3.8) is 0 Å². The number of hydrogen-bond donors (Lipinski definition) is 1. The van der Waals surface area contributed by atoms with Crippen molar-refractivity contribution >= 4 is 17.8 Å². The summed E-state index contributed by atoms with van der Waals surface area (Å²) in [5.74, 6) is 1.01. The highest BCUT2D eigenvalue weighted by atomic mass is 16.2. The van der Waals surface area contributed by atoms with Crippen LogP contribution in [0.3, 0.4) is 0 Å². The molecule has 2 fully saturated rings. The fourth-order valence-electron chi connectivity index (χ4n) is 3.36. The van der Waals surface area contributed by atoms with Gasteiger partial charge < -0.3 is 20.0 Å². The average molecular weight is 367 g/mol. The van der Waals surface area contributed by atoms with Gasteiger partial charge in [0.25, 0.3) is 0 Å². The molecule has 2 aliphatic heterocycles. The molecule has 1 unspecified atom stereocenters. The van der Waals surface area contributed by atoms with Crippen molar-refractivity contribution in [2.24, 2.45) is 4.99 Å². The molecule has 1 N–H and O–H groups in total. The molecule has 0 bridgehead atoms. The molecule has 2 amide bonds. The second-order valence-electron chi connectivity index (χ2n) is 7.31. The van der Waals surface area contributed by atoms with Gasteiger partial charge in [0, 0.05) is 46.8 Å². The molecule has 0 radical (unpaired) electrons. The zero-order valence-corrected chi connectivity index (χ0v) is 16.7. The molecule has 0 aliphatic carbocycles. The van der Waals surface area contributed by atoms with Gasteiger partial charge in [0.2, 0.25) is 11.8 Å². The van der Waals surface area contributed by atoms with Gasteiger partial charge in [-0.25, -0.2) is 4.99 Å². The van der Waals surface area contributed by atoms with E-state index in [0.29, 0.717) is 13.1 Å². The molecule has 0 aromatic carbocycles. The number of amides is 2. The van der Waals surface area contributed by atoms with Crippen LogP contribution in [0.1, 0.15) is 26.2 Å². The van der Waals surface area contributed by atoms with Crippen LogP contribution in [0.25, 0.3) is 0 Å². The molecule has 1 atom stereocenters. The Labute approximate surface area is 157 Å². The molecule has 2 aliphatic rings. The number of likely N-dealkylation sites (N-methyl/N-ethyl adjacent to an activating group) is 2. The Kier molecular flexibility index (Phi) is 7.68. The van der Waals surface area contributed by atoms with Crippen LogP contribution in [-0.2, 0) is 9.59 Å². The standard InChI is InChI=1S/C18H34N6O2/c1-5-8-19-18(20-14-16(25)21(2)3)24-12-10-23(11-13-24)17(26)15-7-6-9-22(15)4/h15H,5-14H2,1-4H3,(H,19,20). The van der Waals surface area contributed by atoms with Gasteiger partial charge in [0.05, 0.1) is 6.04 Å². The van der Waals surface area contributed by atoms with E-state index in [9.17, 15) is 9.59 Å². The van der Waals surface area contributed by atoms with E-state index >= 15 is 0 Å². The highest BCUT2D eigenvalue weighted by Crippen LogP contribution is 2.18. The predicted molar refractivity (Wildman–Crippen MR) is 103 cm³/mol. The Morgan fingerprint density at radius 3 is 2.31 bits per heavy atom. The fourth-order valence-corrected chi connectivity index (χ4v) is 3.36. The van der Waals surface area contributed by atoms with Crippen LogP contribution in [0.5, 0.6) is 0 Å². The van der Waals surface area contributed by atoms with E-state index in [0.717, 1.165) is 51.4 Å². The summed E-state index contributed by atoms with van der Waals surface area (Å²) in [6.45, 7) is 6.97. The van der Waals surface area contributed by atoms with Crippen molar-refractivity contribution in [3.8, 4) is 0 Å². The molecule has 0 saturated carbocycles. The number of guanidine groups is 1. The summed E-state index contributed by atoms with van der Waals surface area (Å²) >= 11 is 0. The smallest absolute Gasteiger partial charge is 0.243 e. The quantitative estimate of drug-likeness (QED) is 0.533. The van der Waals surface area contributed by atoms with E-state index in [2.05, 4.69) is 27.0 Å². The van der Waals surface area contributed by atoms with Gasteiger partial charge in [-0.1, -0.05) is 6.92 Å². The summed E-state index contributed by atoms with van der Waals surface area (Å²) < 4.78 is 0. The van der Waals surface area contributed by atoms with E-state index < -0.39 is 0 Å². The molecule has 26 heavy (non-hydrogen) atoms. The van der Waals surface area contributed by atoms with Crippen molar-refractivity contribution in [1.82, 2.24) is 24.9 Å². The fraction of sp³-hybridized carbons (Fsp3) is 0.833. The molecule has 2 saturated heterocycles. The first-order valence-electron chi connectivity index (χ1n) is 9.66. The second kappa shape index (κ2) is 9.75. The first-order valence-corrected chi connectivity index (χ1v) is 9.66. The number of aliphatic imine (C=N–C) groups is 1. The summed E-state index contributed by atoms with van der Waals surface area (Å²) in [5, 5.41) is 3.33. The summed E-state index contributed by atoms with van der Waals surface area (Å²) in [5.41, 5.74) is 0. The molecule has 148 valence electrons. The van der Waals surface area contributed by atoms with Crippen molar-refractivity contribution in [2.75, 3.05) is 67.0 Å². The monoisotopic (exact) mass is 366 g/mol. The number of carbonyl (C=O) groups excluding carboxylic acids is 2. The number of piperazine rings is 1. The molecule has 8 nitrogen and oxygen atoms in total. The van der Waals surface area contributed by atoms with E-state index in [1.807, 2.05) is 11.9 Å². The molecule has 0 spiro atoms. The maximum Gasteiger partial charge on any atom is 0.243 e. The van der Waals surface area contributed by atoms with Crippen molar-refractivity contribution in [2.45, 2.75) is 32.2 Å². The van der Waals surface area contributed by atoms with Gasteiger partial charge >= 0.3 is 0 Å². The summed E-state index contributed by atoms with van der Waals surface area (Å²) in [6, 6.07) is 0.0469. The Hall–Kier alpha value is -1.83. The van der Waals surface area contributed by atoms with E-state index in [1.54, 1.807) is 19.0 Å². The van der Waals surface area contributed by atoms with Crippen molar-refractivity contribution in [3.05, 3.63) is 0 Å². The summed E-state index contributed by atoms with van der Waals surface area (Å²) in [4.78, 5) is 36.9. The average Bonchev–Trinajstić information content (AvgIpc) is 3.07. The SMILES string of the molecule is CCCNC(=NCC(=O)N(C)C)N1CCN(C(=O)C2CCCN2C)CC1. The molecule has 2 rings (SSSR count). The normalized spacial score (nSPS) is 21.8. The third-order valence-corrected chi connectivity index (χ3v) is 5.09. The molecular formula is C18H34N6O2. The van der Waals surface area contributed by atoms with Crippen LogP contribution in [0, 0.1) is 0 Å². The van der Waals surface area contributed by atoms with E-state index in [-0.39, 0.29) is 24.4 Å². The topological polar surface area (TPSA) is 71.5 Å². The lowest BCUT2D eigenvalue weighted by Crippen LogP contribution is -2.56. The lowest BCUT2D eigenvalue weighted by Gasteiger charge is -2.38. The molecule has 0 aromatic heterocycles. The van der Waals surface area contributed by atoms with E-state index in [4.69, 9.17) is 0 Å². The zero-order valence-electron chi connectivity index (χ0n) is 16.7. The first kappa shape index (κ1) is 20.5. The Bertz CT molecular complexity index is 514. The molecule has 0 aromatic rings. The van der Waals surface area contributed by atoms with Crippen molar-refractivity contribution < 1.29 is 9.59 Å². The van der Waals surface area contributed by atoms with Crippen molar-refractivity contribution in [1.29, 1.82) is 0 Å². The van der Waals surface area contributed by atoms with Gasteiger partial charge in [0.15, 0.2) is 5.96 Å². The second-order valence-corrected chi connectivity index (χ2v) is 7.31. The molecule has 2 heterocycles. The van der Waals surface area contributed by atoms with Crippen LogP contribution in [0.15, 0.2) is 4.99 Å². The highest BCUT2D eigenvalue weighted by molar-refractivity contribution is 5.85. The summed E-state index contributed by atoms with van der Waals surface area (Å²) in [7, 11) is 5.51. The number of likely N-dealkylation sites (tertiary alicyclic amines) is 1. The predicted octanol–water partition coefficient (Wildman–Crippen LogP) is -0.331. The Morgan fingerprint density at radius 2 is 1.77 bits per heavy atom. The van der Waals surface area contributed by atoms with Crippen LogP contribution in [0.4, 0.5) is 0 Å². The molecular weight excluding hydrogens is 332 g/mol. The number of carbonyl (C=O) groups is 2. The minimum atomic E-state index is -0.0149. The maximum absolute atomic E-state index is 12.7. The largest absolute Gasteiger partial charge is 0.356 e. The third-order valence-electron chi connectivity index (χ3n) is 5.09. The Morgan fingerprint density at radius 1 is 1.12 bits per heavy atom. The maximum atomic E-state index is 12.7. The van der Waals surface area contributed by atoms with Crippen LogP contribution in [-0.4, -0.2) is 110 Å². The Balaban J connectivity index is 1.92. The minimum absolute atomic E-state index is 0.0149. The third kappa shape index (κ3) is 5.33. The van der Waals surface area contributed by atoms with Gasteiger partial charge in [-0.15, -0.1) is 0 Å². The van der Waals surface area contributed by atoms with Crippen LogP contribution in [0.2, 0.25) is 0 Å². The lowest BCUT2D eigenvalue weighted by molar-refractivity contribution is -0.136. The van der Waals surface area contributed by atoms with Crippen LogP contribution < -0.4 is 5.32 Å². The first-order chi connectivity index (χ1) is 12.4. The number of hydrogen-bond acceptors (Lipinski definition) is 4. The van der Waals surface area contributed by atoms with Gasteiger partial charge in [-0.3, -0.25) is 14.5 Å². The van der Waals surface area contributed by atoms with Gasteiger partial charge in [-0.2, -0.15) is 0 Å². The summed E-state index contributed by atoms with van der Waals surface area (Å²) in [6.07, 6.45) is 3.06. The molecule has 8 heteroatoms. The van der Waals surface area contributed by atoms with E-state index in [1.165, 1.54) is 0 Å². The number of rotatable bonds is 5. The minimum Gasteiger partial charge on any atom is -0.356 e. The zero-order chi connectivity index (χ0) is 19.1. The number of nitrogens with one attached hydrogen (secondary N) is 1. The van der Waals surface area contributed by atoms with Crippen LogP contribution >= 0.6 is 0 Å². The lowest BCUT2D eigenvalue weighted by atomic mass is 10.1. The highest BCUT2D eigenvalue weighted by Gasteiger charge is 2.33.